The van der Waals surface area contributed by atoms with Gasteiger partial charge < -0.3 is 11.1 Å². The van der Waals surface area contributed by atoms with Crippen LogP contribution in [0.25, 0.3) is 0 Å². The molecular weight excluding hydrogens is 288 g/mol. The van der Waals surface area contributed by atoms with E-state index in [1.54, 1.807) is 0 Å². The molecule has 0 bridgehead atoms. The molecule has 0 atom stereocenters. The van der Waals surface area contributed by atoms with Gasteiger partial charge >= 0.3 is 6.18 Å². The molecule has 0 saturated heterocycles. The van der Waals surface area contributed by atoms with Crippen LogP contribution in [0, 0.1) is 5.82 Å². The number of hydrogen-bond donors (Lipinski definition) is 2. The summed E-state index contributed by atoms with van der Waals surface area (Å²) in [6.45, 7) is 0. The molecule has 0 aliphatic carbocycles. The second kappa shape index (κ2) is 5.43. The zero-order valence-electron chi connectivity index (χ0n) is 10.5. The summed E-state index contributed by atoms with van der Waals surface area (Å²) in [5, 5.41) is 2.30. The third-order valence-corrected chi connectivity index (χ3v) is 2.72. The van der Waals surface area contributed by atoms with Gasteiger partial charge in [0.05, 0.1) is 5.56 Å². The Morgan fingerprint density at radius 2 is 1.67 bits per heavy atom. The lowest BCUT2D eigenvalue weighted by Crippen LogP contribution is -2.14. The maximum absolute atomic E-state index is 12.7. The number of nitrogen functional groups attached to an aromatic ring is 1. The van der Waals surface area contributed by atoms with Gasteiger partial charge in [-0.05, 0) is 42.5 Å². The van der Waals surface area contributed by atoms with E-state index in [-0.39, 0.29) is 11.3 Å². The van der Waals surface area contributed by atoms with E-state index < -0.39 is 29.2 Å². The molecule has 3 N–H and O–H groups in total. The van der Waals surface area contributed by atoms with E-state index >= 15 is 0 Å². The molecule has 0 aliphatic heterocycles. The molecule has 2 aromatic carbocycles. The normalized spacial score (nSPS) is 11.2. The van der Waals surface area contributed by atoms with Crippen molar-refractivity contribution in [3.05, 3.63) is 59.4 Å². The van der Waals surface area contributed by atoms with E-state index in [0.717, 1.165) is 24.3 Å². The number of anilines is 2. The quantitative estimate of drug-likeness (QED) is 0.656. The van der Waals surface area contributed by atoms with Crippen molar-refractivity contribution in [1.82, 2.24) is 0 Å². The Kier molecular flexibility index (Phi) is 3.84. The fourth-order valence-corrected chi connectivity index (χ4v) is 1.68. The van der Waals surface area contributed by atoms with Crippen molar-refractivity contribution in [3.8, 4) is 0 Å². The van der Waals surface area contributed by atoms with Gasteiger partial charge in [-0.1, -0.05) is 0 Å². The van der Waals surface area contributed by atoms with Gasteiger partial charge in [0.1, 0.15) is 5.82 Å². The van der Waals surface area contributed by atoms with Crippen LogP contribution in [0.1, 0.15) is 15.9 Å². The van der Waals surface area contributed by atoms with Gasteiger partial charge in [-0.2, -0.15) is 13.2 Å². The molecule has 7 heteroatoms. The summed E-state index contributed by atoms with van der Waals surface area (Å²) in [4.78, 5) is 11.8. The van der Waals surface area contributed by atoms with Gasteiger partial charge in [0.15, 0.2) is 0 Å². The summed E-state index contributed by atoms with van der Waals surface area (Å²) in [6.07, 6.45) is -4.61. The zero-order chi connectivity index (χ0) is 15.6. The Bertz CT molecular complexity index is 666. The lowest BCUT2D eigenvalue weighted by Gasteiger charge is -2.12. The zero-order valence-corrected chi connectivity index (χ0v) is 10.5. The smallest absolute Gasteiger partial charge is 0.398 e. The number of carbonyl (C=O) groups excluding carboxylic acids is 1. The number of amides is 1. The number of nitrogens with two attached hydrogens (primary N) is 1. The summed E-state index contributed by atoms with van der Waals surface area (Å²) in [5.41, 5.74) is 3.88. The van der Waals surface area contributed by atoms with Gasteiger partial charge in [0.25, 0.3) is 5.91 Å². The van der Waals surface area contributed by atoms with E-state index in [4.69, 9.17) is 5.73 Å². The lowest BCUT2D eigenvalue weighted by molar-refractivity contribution is -0.136. The number of nitrogens with one attached hydrogen (secondary N) is 1. The standard InChI is InChI=1S/C14H10F4N2O/c15-9-3-1-8(2-4-9)13(21)20-10-5-6-12(19)11(7-10)14(16,17)18/h1-7H,19H2,(H,20,21). The van der Waals surface area contributed by atoms with Crippen molar-refractivity contribution in [1.29, 1.82) is 0 Å². The Hall–Kier alpha value is -2.57. The van der Waals surface area contributed by atoms with E-state index in [9.17, 15) is 22.4 Å². The summed E-state index contributed by atoms with van der Waals surface area (Å²) < 4.78 is 50.8. The first-order valence-electron chi connectivity index (χ1n) is 5.81. The number of carbonyl (C=O) groups is 1. The molecule has 3 nitrogen and oxygen atoms in total. The largest absolute Gasteiger partial charge is 0.418 e. The van der Waals surface area contributed by atoms with Crippen molar-refractivity contribution in [2.24, 2.45) is 0 Å². The van der Waals surface area contributed by atoms with Crippen molar-refractivity contribution in [2.75, 3.05) is 11.1 Å². The lowest BCUT2D eigenvalue weighted by atomic mass is 10.1. The third-order valence-electron chi connectivity index (χ3n) is 2.72. The highest BCUT2D eigenvalue weighted by atomic mass is 19.4. The highest BCUT2D eigenvalue weighted by Crippen LogP contribution is 2.35. The van der Waals surface area contributed by atoms with E-state index in [0.29, 0.717) is 0 Å². The van der Waals surface area contributed by atoms with E-state index in [2.05, 4.69) is 5.32 Å². The third kappa shape index (κ3) is 3.50. The van der Waals surface area contributed by atoms with Gasteiger partial charge in [-0.3, -0.25) is 4.79 Å². The molecule has 0 radical (unpaired) electrons. The van der Waals surface area contributed by atoms with Crippen LogP contribution in [0.4, 0.5) is 28.9 Å². The number of hydrogen-bond acceptors (Lipinski definition) is 2. The molecule has 0 fully saturated rings. The van der Waals surface area contributed by atoms with Crippen LogP contribution in [0.2, 0.25) is 0 Å². The molecule has 0 heterocycles. The Balaban J connectivity index is 2.24. The minimum Gasteiger partial charge on any atom is -0.398 e. The number of benzene rings is 2. The average molecular weight is 298 g/mol. The first-order valence-corrected chi connectivity index (χ1v) is 5.81. The minimum absolute atomic E-state index is 0.0501. The maximum atomic E-state index is 12.7. The van der Waals surface area contributed by atoms with Crippen LogP contribution in [0.15, 0.2) is 42.5 Å². The monoisotopic (exact) mass is 298 g/mol. The number of halogens is 4. The van der Waals surface area contributed by atoms with Crippen LogP contribution in [0.5, 0.6) is 0 Å². The number of alkyl halides is 3. The van der Waals surface area contributed by atoms with Crippen LogP contribution < -0.4 is 11.1 Å². The van der Waals surface area contributed by atoms with Gasteiger partial charge in [-0.15, -0.1) is 0 Å². The molecule has 2 aromatic rings. The summed E-state index contributed by atoms with van der Waals surface area (Å²) in [6, 6.07) is 7.68. The van der Waals surface area contributed by atoms with E-state index in [1.165, 1.54) is 18.2 Å². The molecule has 0 aliphatic rings. The molecule has 0 unspecified atom stereocenters. The Labute approximate surface area is 117 Å². The average Bonchev–Trinajstić information content (AvgIpc) is 2.40. The summed E-state index contributed by atoms with van der Waals surface area (Å²) >= 11 is 0. The van der Waals surface area contributed by atoms with Crippen molar-refractivity contribution < 1.29 is 22.4 Å². The summed E-state index contributed by atoms with van der Waals surface area (Å²) in [5.74, 6) is -1.16. The van der Waals surface area contributed by atoms with Crippen LogP contribution in [0.3, 0.4) is 0 Å². The van der Waals surface area contributed by atoms with Gasteiger partial charge in [0, 0.05) is 16.9 Å². The Morgan fingerprint density at radius 3 is 2.24 bits per heavy atom. The fraction of sp³-hybridized carbons (Fsp3) is 0.0714. The SMILES string of the molecule is Nc1ccc(NC(=O)c2ccc(F)cc2)cc1C(F)(F)F. The van der Waals surface area contributed by atoms with Crippen molar-refractivity contribution in [3.63, 3.8) is 0 Å². The molecule has 0 spiro atoms. The van der Waals surface area contributed by atoms with Crippen molar-refractivity contribution >= 4 is 17.3 Å². The van der Waals surface area contributed by atoms with Crippen LogP contribution >= 0.6 is 0 Å². The second-order valence-electron chi connectivity index (χ2n) is 4.26. The molecule has 0 saturated carbocycles. The predicted molar refractivity (Wildman–Crippen MR) is 70.2 cm³/mol. The van der Waals surface area contributed by atoms with Crippen LogP contribution in [-0.2, 0) is 6.18 Å². The second-order valence-corrected chi connectivity index (χ2v) is 4.26. The van der Waals surface area contributed by atoms with Gasteiger partial charge in [0.2, 0.25) is 0 Å². The predicted octanol–water partition coefficient (Wildman–Crippen LogP) is 3.68. The van der Waals surface area contributed by atoms with E-state index in [1.807, 2.05) is 0 Å². The molecule has 0 aromatic heterocycles. The Morgan fingerprint density at radius 1 is 1.05 bits per heavy atom. The molecular formula is C14H10F4N2O. The fourth-order valence-electron chi connectivity index (χ4n) is 1.68. The highest BCUT2D eigenvalue weighted by Gasteiger charge is 2.33. The molecule has 1 amide bonds. The first-order chi connectivity index (χ1) is 9.77. The first kappa shape index (κ1) is 14.8. The maximum Gasteiger partial charge on any atom is 0.418 e. The topological polar surface area (TPSA) is 55.1 Å². The summed E-state index contributed by atoms with van der Waals surface area (Å²) in [7, 11) is 0. The molecule has 21 heavy (non-hydrogen) atoms. The molecule has 2 rings (SSSR count). The van der Waals surface area contributed by atoms with Gasteiger partial charge in [-0.25, -0.2) is 4.39 Å². The minimum atomic E-state index is -4.61. The molecule has 110 valence electrons. The van der Waals surface area contributed by atoms with Crippen LogP contribution in [-0.4, -0.2) is 5.91 Å². The number of rotatable bonds is 2. The highest BCUT2D eigenvalue weighted by molar-refractivity contribution is 6.04. The van der Waals surface area contributed by atoms with Crippen molar-refractivity contribution in [2.45, 2.75) is 6.18 Å².